The molecular weight excluding hydrogens is 304 g/mol. The quantitative estimate of drug-likeness (QED) is 0.607. The number of methoxy groups -OCH3 is 1. The number of anilines is 1. The molecule has 0 aliphatic heterocycles. The van der Waals surface area contributed by atoms with E-state index >= 15 is 0 Å². The Labute approximate surface area is 131 Å². The van der Waals surface area contributed by atoms with Gasteiger partial charge in [0.1, 0.15) is 0 Å². The highest BCUT2D eigenvalue weighted by Crippen LogP contribution is 2.27. The number of ether oxygens (including phenoxy) is 1. The lowest BCUT2D eigenvalue weighted by atomic mass is 10.2. The van der Waals surface area contributed by atoms with E-state index in [1.807, 2.05) is 6.92 Å². The zero-order valence-corrected chi connectivity index (χ0v) is 12.7. The summed E-state index contributed by atoms with van der Waals surface area (Å²) in [5.41, 5.74) is -0.192. The third-order valence-electron chi connectivity index (χ3n) is 3.03. The van der Waals surface area contributed by atoms with E-state index in [0.717, 1.165) is 18.9 Å². The van der Waals surface area contributed by atoms with Crippen molar-refractivity contribution in [2.24, 2.45) is 0 Å². The molecule has 0 spiro atoms. The van der Waals surface area contributed by atoms with Gasteiger partial charge in [-0.2, -0.15) is 4.80 Å². The Morgan fingerprint density at radius 3 is 2.91 bits per heavy atom. The molecule has 0 unspecified atom stereocenters. The van der Waals surface area contributed by atoms with Crippen LogP contribution >= 0.6 is 0 Å². The number of tetrazole rings is 1. The van der Waals surface area contributed by atoms with Crippen LogP contribution in [0.3, 0.4) is 0 Å². The van der Waals surface area contributed by atoms with Crippen LogP contribution in [0.5, 0.6) is 5.75 Å². The number of amides is 1. The van der Waals surface area contributed by atoms with Crippen molar-refractivity contribution in [3.63, 3.8) is 0 Å². The second-order valence-electron chi connectivity index (χ2n) is 4.66. The number of hydrogen-bond acceptors (Lipinski definition) is 7. The maximum Gasteiger partial charge on any atom is 0.311 e. The number of nitrogens with one attached hydrogen (secondary N) is 1. The summed E-state index contributed by atoms with van der Waals surface area (Å²) in [7, 11) is 1.32. The lowest BCUT2D eigenvalue weighted by Gasteiger charge is -2.04. The van der Waals surface area contributed by atoms with Crippen molar-refractivity contribution in [3.05, 3.63) is 33.9 Å². The number of rotatable bonds is 7. The standard InChI is InChI=1S/C13H16N6O4/c1-3-4-7-18-16-13(15-17-18)14-12(20)9-5-6-11(23-2)10(8-9)19(21)22/h5-6,8H,3-4,7H2,1-2H3,(H,14,16,20). The highest BCUT2D eigenvalue weighted by Gasteiger charge is 2.19. The predicted octanol–water partition coefficient (Wildman–Crippen LogP) is 1.64. The second kappa shape index (κ2) is 7.29. The molecule has 1 N–H and O–H groups in total. The third-order valence-corrected chi connectivity index (χ3v) is 3.03. The molecule has 2 aromatic rings. The fraction of sp³-hybridized carbons (Fsp3) is 0.385. The van der Waals surface area contributed by atoms with Crippen LogP contribution in [0.1, 0.15) is 30.1 Å². The van der Waals surface area contributed by atoms with E-state index in [1.165, 1.54) is 24.0 Å². The van der Waals surface area contributed by atoms with Gasteiger partial charge in [0, 0.05) is 11.6 Å². The summed E-state index contributed by atoms with van der Waals surface area (Å²) in [6, 6.07) is 3.91. The Morgan fingerprint density at radius 2 is 2.26 bits per heavy atom. The molecule has 2 rings (SSSR count). The van der Waals surface area contributed by atoms with Gasteiger partial charge in [-0.3, -0.25) is 20.2 Å². The van der Waals surface area contributed by atoms with Crippen LogP contribution < -0.4 is 10.1 Å². The molecule has 122 valence electrons. The third kappa shape index (κ3) is 3.99. The fourth-order valence-electron chi connectivity index (χ4n) is 1.84. The first-order valence-electron chi connectivity index (χ1n) is 6.96. The van der Waals surface area contributed by atoms with Crippen LogP contribution in [0.15, 0.2) is 18.2 Å². The van der Waals surface area contributed by atoms with Gasteiger partial charge in [0.25, 0.3) is 11.9 Å². The Morgan fingerprint density at radius 1 is 1.48 bits per heavy atom. The SMILES string of the molecule is CCCCn1nnc(NC(=O)c2ccc(OC)c([N+](=O)[O-])c2)n1. The Hall–Kier alpha value is -3.04. The first-order valence-corrected chi connectivity index (χ1v) is 6.96. The van der Waals surface area contributed by atoms with Crippen molar-refractivity contribution in [1.29, 1.82) is 0 Å². The lowest BCUT2D eigenvalue weighted by Crippen LogP contribution is -2.14. The van der Waals surface area contributed by atoms with Gasteiger partial charge in [-0.1, -0.05) is 18.4 Å². The number of benzene rings is 1. The number of aryl methyl sites for hydroxylation is 1. The van der Waals surface area contributed by atoms with Gasteiger partial charge in [-0.25, -0.2) is 0 Å². The van der Waals surface area contributed by atoms with Gasteiger partial charge in [-0.05, 0) is 23.8 Å². The average molecular weight is 320 g/mol. The van der Waals surface area contributed by atoms with Crippen molar-refractivity contribution in [2.45, 2.75) is 26.3 Å². The Balaban J connectivity index is 2.13. The van der Waals surface area contributed by atoms with Gasteiger partial charge in [0.15, 0.2) is 5.75 Å². The summed E-state index contributed by atoms with van der Waals surface area (Å²) in [6.45, 7) is 2.64. The lowest BCUT2D eigenvalue weighted by molar-refractivity contribution is -0.385. The zero-order chi connectivity index (χ0) is 16.8. The molecule has 10 heteroatoms. The van der Waals surface area contributed by atoms with Crippen molar-refractivity contribution in [1.82, 2.24) is 20.2 Å². The van der Waals surface area contributed by atoms with E-state index in [0.29, 0.717) is 6.54 Å². The number of carbonyl (C=O) groups excluding carboxylic acids is 1. The monoisotopic (exact) mass is 320 g/mol. The number of nitro groups is 1. The first kappa shape index (κ1) is 16.3. The maximum absolute atomic E-state index is 12.1. The number of nitrogens with zero attached hydrogens (tertiary/aromatic N) is 5. The normalized spacial score (nSPS) is 10.3. The minimum atomic E-state index is -0.616. The molecule has 1 aromatic carbocycles. The Kier molecular flexibility index (Phi) is 5.18. The van der Waals surface area contributed by atoms with Gasteiger partial charge >= 0.3 is 5.69 Å². The molecule has 0 bridgehead atoms. The Bertz CT molecular complexity index is 714. The molecular formula is C13H16N6O4. The van der Waals surface area contributed by atoms with Crippen molar-refractivity contribution < 1.29 is 14.5 Å². The molecule has 0 aliphatic rings. The summed E-state index contributed by atoms with van der Waals surface area (Å²) >= 11 is 0. The summed E-state index contributed by atoms with van der Waals surface area (Å²) in [5, 5.41) is 25.0. The number of unbranched alkanes of at least 4 members (excludes halogenated alkanes) is 1. The number of hydrogen-bond donors (Lipinski definition) is 1. The van der Waals surface area contributed by atoms with Gasteiger partial charge < -0.3 is 4.74 Å². The maximum atomic E-state index is 12.1. The summed E-state index contributed by atoms with van der Waals surface area (Å²) < 4.78 is 4.89. The van der Waals surface area contributed by atoms with E-state index in [4.69, 9.17) is 4.74 Å². The van der Waals surface area contributed by atoms with Crippen LogP contribution in [-0.2, 0) is 6.54 Å². The zero-order valence-electron chi connectivity index (χ0n) is 12.7. The highest BCUT2D eigenvalue weighted by molar-refractivity contribution is 6.03. The molecule has 10 nitrogen and oxygen atoms in total. The molecule has 0 atom stereocenters. The van der Waals surface area contributed by atoms with Crippen LogP contribution in [0.4, 0.5) is 11.6 Å². The molecule has 1 aromatic heterocycles. The predicted molar refractivity (Wildman–Crippen MR) is 80.3 cm³/mol. The number of carbonyl (C=O) groups is 1. The summed E-state index contributed by atoms with van der Waals surface area (Å²) in [4.78, 5) is 23.9. The molecule has 1 heterocycles. The van der Waals surface area contributed by atoms with Gasteiger partial charge in [-0.15, -0.1) is 5.10 Å². The van der Waals surface area contributed by atoms with E-state index in [1.54, 1.807) is 0 Å². The van der Waals surface area contributed by atoms with E-state index < -0.39 is 10.8 Å². The largest absolute Gasteiger partial charge is 0.490 e. The minimum Gasteiger partial charge on any atom is -0.490 e. The van der Waals surface area contributed by atoms with Crippen LogP contribution in [0.2, 0.25) is 0 Å². The van der Waals surface area contributed by atoms with Crippen molar-refractivity contribution in [3.8, 4) is 5.75 Å². The van der Waals surface area contributed by atoms with E-state index in [-0.39, 0.29) is 22.9 Å². The van der Waals surface area contributed by atoms with Gasteiger partial charge in [0.2, 0.25) is 0 Å². The van der Waals surface area contributed by atoms with Crippen LogP contribution in [0, 0.1) is 10.1 Å². The van der Waals surface area contributed by atoms with E-state index in [2.05, 4.69) is 20.7 Å². The minimum absolute atomic E-state index is 0.0459. The number of aromatic nitrogens is 4. The van der Waals surface area contributed by atoms with Crippen LogP contribution in [0.25, 0.3) is 0 Å². The highest BCUT2D eigenvalue weighted by atomic mass is 16.6. The molecule has 0 radical (unpaired) electrons. The van der Waals surface area contributed by atoms with Crippen molar-refractivity contribution in [2.75, 3.05) is 12.4 Å². The topological polar surface area (TPSA) is 125 Å². The smallest absolute Gasteiger partial charge is 0.311 e. The molecule has 0 saturated heterocycles. The van der Waals surface area contributed by atoms with Crippen molar-refractivity contribution >= 4 is 17.5 Å². The molecule has 0 saturated carbocycles. The fourth-order valence-corrected chi connectivity index (χ4v) is 1.84. The molecule has 1 amide bonds. The first-order chi connectivity index (χ1) is 11.0. The van der Waals surface area contributed by atoms with Gasteiger partial charge in [0.05, 0.1) is 18.6 Å². The molecule has 0 aliphatic carbocycles. The average Bonchev–Trinajstić information content (AvgIpc) is 2.99. The second-order valence-corrected chi connectivity index (χ2v) is 4.66. The summed E-state index contributed by atoms with van der Waals surface area (Å²) in [5.74, 6) is -0.439. The van der Waals surface area contributed by atoms with Crippen LogP contribution in [-0.4, -0.2) is 38.1 Å². The number of nitro benzene ring substituents is 1. The van der Waals surface area contributed by atoms with E-state index in [9.17, 15) is 14.9 Å². The molecule has 0 fully saturated rings. The summed E-state index contributed by atoms with van der Waals surface area (Å²) in [6.07, 6.45) is 1.88. The molecule has 23 heavy (non-hydrogen) atoms.